The monoisotopic (exact) mass is 322 g/mol. The summed E-state index contributed by atoms with van der Waals surface area (Å²) in [6.45, 7) is 3.36. The molecule has 0 spiro atoms. The number of hydrogen-bond acceptors (Lipinski definition) is 5. The molecule has 126 valence electrons. The molecule has 2 N–H and O–H groups in total. The van der Waals surface area contributed by atoms with Gasteiger partial charge >= 0.3 is 11.9 Å². The van der Waals surface area contributed by atoms with E-state index in [9.17, 15) is 14.7 Å². The molecule has 0 amide bonds. The SMILES string of the molecule is C[C@H](O)CC(=O)O[C@@H](C)[C@@H](/C=C/C(=O)O)OCc1ccccc1. The second kappa shape index (κ2) is 9.76. The summed E-state index contributed by atoms with van der Waals surface area (Å²) in [6, 6.07) is 9.37. The number of aliphatic hydroxyl groups is 1. The molecule has 0 fully saturated rings. The first-order valence-corrected chi connectivity index (χ1v) is 7.32. The summed E-state index contributed by atoms with van der Waals surface area (Å²) in [5.41, 5.74) is 0.920. The molecule has 6 heteroatoms. The summed E-state index contributed by atoms with van der Waals surface area (Å²) >= 11 is 0. The van der Waals surface area contributed by atoms with E-state index in [0.29, 0.717) is 0 Å². The van der Waals surface area contributed by atoms with Crippen LogP contribution in [0.4, 0.5) is 0 Å². The topological polar surface area (TPSA) is 93.1 Å². The number of carbonyl (C=O) groups is 2. The molecule has 0 saturated carbocycles. The molecular formula is C17H22O6. The minimum Gasteiger partial charge on any atom is -0.478 e. The molecule has 1 aromatic rings. The maximum atomic E-state index is 11.6. The van der Waals surface area contributed by atoms with Crippen LogP contribution >= 0.6 is 0 Å². The molecule has 0 radical (unpaired) electrons. The lowest BCUT2D eigenvalue weighted by Crippen LogP contribution is -2.30. The molecule has 23 heavy (non-hydrogen) atoms. The molecule has 0 aromatic heterocycles. The highest BCUT2D eigenvalue weighted by Gasteiger charge is 2.20. The number of carboxylic acid groups (broad SMARTS) is 1. The highest BCUT2D eigenvalue weighted by Crippen LogP contribution is 2.11. The molecule has 1 aromatic carbocycles. The molecule has 0 aliphatic carbocycles. The minimum absolute atomic E-state index is 0.127. The van der Waals surface area contributed by atoms with E-state index in [0.717, 1.165) is 11.6 Å². The van der Waals surface area contributed by atoms with Gasteiger partial charge in [-0.15, -0.1) is 0 Å². The molecule has 0 heterocycles. The predicted molar refractivity (Wildman–Crippen MR) is 83.6 cm³/mol. The van der Waals surface area contributed by atoms with Gasteiger partial charge in [0.1, 0.15) is 12.2 Å². The number of carboxylic acids is 1. The first-order chi connectivity index (χ1) is 10.9. The van der Waals surface area contributed by atoms with Gasteiger partial charge in [-0.2, -0.15) is 0 Å². The van der Waals surface area contributed by atoms with E-state index in [1.807, 2.05) is 30.3 Å². The summed E-state index contributed by atoms with van der Waals surface area (Å²) < 4.78 is 10.8. The van der Waals surface area contributed by atoms with Crippen LogP contribution in [0, 0.1) is 0 Å². The molecule has 0 unspecified atom stereocenters. The quantitative estimate of drug-likeness (QED) is 0.533. The van der Waals surface area contributed by atoms with Crippen LogP contribution in [0.5, 0.6) is 0 Å². The van der Waals surface area contributed by atoms with Gasteiger partial charge in [-0.1, -0.05) is 30.3 Å². The number of aliphatic carboxylic acids is 1. The van der Waals surface area contributed by atoms with Gasteiger partial charge in [-0.25, -0.2) is 4.79 Å². The van der Waals surface area contributed by atoms with E-state index >= 15 is 0 Å². The van der Waals surface area contributed by atoms with Gasteiger partial charge < -0.3 is 19.7 Å². The summed E-state index contributed by atoms with van der Waals surface area (Å²) in [5, 5.41) is 17.9. The van der Waals surface area contributed by atoms with E-state index in [-0.39, 0.29) is 13.0 Å². The third kappa shape index (κ3) is 8.13. The predicted octanol–water partition coefficient (Wildman–Crippen LogP) is 1.92. The van der Waals surface area contributed by atoms with E-state index < -0.39 is 30.3 Å². The Morgan fingerprint density at radius 1 is 1.22 bits per heavy atom. The zero-order chi connectivity index (χ0) is 17.2. The van der Waals surface area contributed by atoms with Gasteiger partial charge in [0.05, 0.1) is 19.1 Å². The van der Waals surface area contributed by atoms with Crippen molar-refractivity contribution >= 4 is 11.9 Å². The van der Waals surface area contributed by atoms with E-state index in [2.05, 4.69) is 0 Å². The Kier molecular flexibility index (Phi) is 8.01. The van der Waals surface area contributed by atoms with Crippen molar-refractivity contribution in [2.75, 3.05) is 0 Å². The Hall–Kier alpha value is -2.18. The van der Waals surface area contributed by atoms with Crippen molar-refractivity contribution in [1.82, 2.24) is 0 Å². The molecule has 0 bridgehead atoms. The molecule has 1 rings (SSSR count). The van der Waals surface area contributed by atoms with Crippen LogP contribution in [0.3, 0.4) is 0 Å². The Morgan fingerprint density at radius 3 is 2.43 bits per heavy atom. The van der Waals surface area contributed by atoms with Crippen LogP contribution in [-0.2, 0) is 25.7 Å². The first-order valence-electron chi connectivity index (χ1n) is 7.32. The molecular weight excluding hydrogens is 300 g/mol. The normalized spacial score (nSPS) is 15.1. The lowest BCUT2D eigenvalue weighted by atomic mass is 10.2. The van der Waals surface area contributed by atoms with Crippen LogP contribution in [0.2, 0.25) is 0 Å². The average Bonchev–Trinajstić information content (AvgIpc) is 2.46. The van der Waals surface area contributed by atoms with Gasteiger partial charge in [0.15, 0.2) is 0 Å². The van der Waals surface area contributed by atoms with Crippen LogP contribution < -0.4 is 0 Å². The molecule has 6 nitrogen and oxygen atoms in total. The van der Waals surface area contributed by atoms with Crippen molar-refractivity contribution in [2.45, 2.75) is 45.2 Å². The Bertz CT molecular complexity index is 523. The van der Waals surface area contributed by atoms with Crippen LogP contribution in [-0.4, -0.2) is 40.5 Å². The molecule has 0 saturated heterocycles. The highest BCUT2D eigenvalue weighted by atomic mass is 16.6. The van der Waals surface area contributed by atoms with Crippen molar-refractivity contribution in [3.05, 3.63) is 48.0 Å². The number of benzene rings is 1. The van der Waals surface area contributed by atoms with Crippen LogP contribution in [0.15, 0.2) is 42.5 Å². The van der Waals surface area contributed by atoms with Crippen molar-refractivity contribution in [3.8, 4) is 0 Å². The zero-order valence-electron chi connectivity index (χ0n) is 13.2. The van der Waals surface area contributed by atoms with Gasteiger partial charge in [0.25, 0.3) is 0 Å². The Labute approximate surface area is 135 Å². The third-order valence-electron chi connectivity index (χ3n) is 2.96. The summed E-state index contributed by atoms with van der Waals surface area (Å²) in [7, 11) is 0. The molecule has 3 atom stereocenters. The second-order valence-corrected chi connectivity index (χ2v) is 5.21. The molecule has 0 aliphatic heterocycles. The van der Waals surface area contributed by atoms with Crippen molar-refractivity contribution < 1.29 is 29.3 Å². The van der Waals surface area contributed by atoms with E-state index in [4.69, 9.17) is 14.6 Å². The third-order valence-corrected chi connectivity index (χ3v) is 2.96. The lowest BCUT2D eigenvalue weighted by molar-refractivity contribution is -0.156. The van der Waals surface area contributed by atoms with Crippen molar-refractivity contribution in [3.63, 3.8) is 0 Å². The second-order valence-electron chi connectivity index (χ2n) is 5.21. The van der Waals surface area contributed by atoms with Gasteiger partial charge in [0.2, 0.25) is 0 Å². The summed E-state index contributed by atoms with van der Waals surface area (Å²) in [4.78, 5) is 22.3. The zero-order valence-corrected chi connectivity index (χ0v) is 13.2. The smallest absolute Gasteiger partial charge is 0.328 e. The van der Waals surface area contributed by atoms with E-state index in [1.165, 1.54) is 13.0 Å². The first kappa shape index (κ1) is 18.9. The van der Waals surface area contributed by atoms with Crippen LogP contribution in [0.25, 0.3) is 0 Å². The summed E-state index contributed by atoms with van der Waals surface area (Å²) in [5.74, 6) is -1.68. The van der Waals surface area contributed by atoms with Gasteiger partial charge in [-0.05, 0) is 25.5 Å². The number of esters is 1. The fraction of sp³-hybridized carbons (Fsp3) is 0.412. The highest BCUT2D eigenvalue weighted by molar-refractivity contribution is 5.79. The standard InChI is InChI=1S/C17H22O6/c1-12(18)10-17(21)23-13(2)15(8-9-16(19)20)22-11-14-6-4-3-5-7-14/h3-9,12-13,15,18H,10-11H2,1-2H3,(H,19,20)/b9-8+/t12-,13-,15+/m0/s1. The number of carbonyl (C=O) groups excluding carboxylic acids is 1. The van der Waals surface area contributed by atoms with Crippen LogP contribution in [0.1, 0.15) is 25.8 Å². The lowest BCUT2D eigenvalue weighted by Gasteiger charge is -2.22. The Morgan fingerprint density at radius 2 is 1.87 bits per heavy atom. The largest absolute Gasteiger partial charge is 0.478 e. The maximum absolute atomic E-state index is 11.6. The minimum atomic E-state index is -1.11. The van der Waals surface area contributed by atoms with Gasteiger partial charge in [-0.3, -0.25) is 4.79 Å². The van der Waals surface area contributed by atoms with E-state index in [1.54, 1.807) is 6.92 Å². The fourth-order valence-corrected chi connectivity index (χ4v) is 1.86. The number of rotatable bonds is 9. The van der Waals surface area contributed by atoms with Crippen molar-refractivity contribution in [1.29, 1.82) is 0 Å². The summed E-state index contributed by atoms with van der Waals surface area (Å²) in [6.07, 6.45) is -0.0173. The van der Waals surface area contributed by atoms with Gasteiger partial charge in [0, 0.05) is 6.08 Å². The Balaban J connectivity index is 2.67. The average molecular weight is 322 g/mol. The number of hydrogen-bond donors (Lipinski definition) is 2. The maximum Gasteiger partial charge on any atom is 0.328 e. The number of aliphatic hydroxyl groups excluding tert-OH is 1. The van der Waals surface area contributed by atoms with Crippen molar-refractivity contribution in [2.24, 2.45) is 0 Å². The molecule has 0 aliphatic rings. The number of ether oxygens (including phenoxy) is 2. The fourth-order valence-electron chi connectivity index (χ4n) is 1.86.